The van der Waals surface area contributed by atoms with Crippen molar-refractivity contribution in [3.05, 3.63) is 76.7 Å². The monoisotopic (exact) mass is 478 g/mol. The Hall–Kier alpha value is -2.97. The Morgan fingerprint density at radius 1 is 0.903 bits per heavy atom. The molecule has 0 radical (unpaired) electrons. The van der Waals surface area contributed by atoms with Crippen LogP contribution in [0.4, 0.5) is 5.82 Å². The van der Waals surface area contributed by atoms with Crippen LogP contribution in [0.25, 0.3) is 11.0 Å². The molecule has 0 saturated carbocycles. The number of fused-ring (bicyclic) bond motifs is 1. The molecule has 0 amide bonds. The molecule has 1 aliphatic heterocycles. The van der Waals surface area contributed by atoms with Crippen molar-refractivity contribution in [3.63, 3.8) is 0 Å². The third-order valence-electron chi connectivity index (χ3n) is 5.54. The standard InChI is InChI=1S/C23H23BrN6O/c24-21-20-22(28-27-21)25-16-26-23(20)30-12-10-29(11-13-30)14-17-6-8-19(9-7-17)31-15-18-4-2-1-3-5-18/h1-9,16H,10-15H2,(H,25,26,27,28). The van der Waals surface area contributed by atoms with E-state index in [0.717, 1.165) is 54.3 Å². The summed E-state index contributed by atoms with van der Waals surface area (Å²) in [5.74, 6) is 1.83. The maximum atomic E-state index is 5.89. The second-order valence-corrected chi connectivity index (χ2v) is 8.41. The summed E-state index contributed by atoms with van der Waals surface area (Å²) in [5.41, 5.74) is 3.16. The number of aromatic nitrogens is 4. The molecule has 2 aromatic heterocycles. The van der Waals surface area contributed by atoms with E-state index in [0.29, 0.717) is 12.3 Å². The van der Waals surface area contributed by atoms with Gasteiger partial charge in [0, 0.05) is 32.7 Å². The fourth-order valence-electron chi connectivity index (χ4n) is 3.85. The van der Waals surface area contributed by atoms with Crippen molar-refractivity contribution in [3.8, 4) is 5.75 Å². The highest BCUT2D eigenvalue weighted by Gasteiger charge is 2.22. The van der Waals surface area contributed by atoms with E-state index >= 15 is 0 Å². The number of anilines is 1. The Morgan fingerprint density at radius 2 is 1.68 bits per heavy atom. The van der Waals surface area contributed by atoms with Gasteiger partial charge in [-0.2, -0.15) is 5.10 Å². The summed E-state index contributed by atoms with van der Waals surface area (Å²) in [5, 5.41) is 8.10. The molecular weight excluding hydrogens is 456 g/mol. The fourth-order valence-corrected chi connectivity index (χ4v) is 4.30. The molecule has 3 heterocycles. The minimum absolute atomic E-state index is 0.589. The molecule has 1 saturated heterocycles. The Labute approximate surface area is 189 Å². The Balaban J connectivity index is 1.16. The first-order valence-corrected chi connectivity index (χ1v) is 11.1. The molecule has 31 heavy (non-hydrogen) atoms. The molecule has 4 aromatic rings. The molecule has 158 valence electrons. The zero-order valence-corrected chi connectivity index (χ0v) is 18.6. The number of ether oxygens (including phenoxy) is 1. The van der Waals surface area contributed by atoms with Gasteiger partial charge in [-0.25, -0.2) is 9.97 Å². The van der Waals surface area contributed by atoms with Crippen molar-refractivity contribution in [2.45, 2.75) is 13.2 Å². The quantitative estimate of drug-likeness (QED) is 0.451. The molecule has 0 spiro atoms. The Morgan fingerprint density at radius 3 is 2.45 bits per heavy atom. The van der Waals surface area contributed by atoms with Gasteiger partial charge in [0.15, 0.2) is 5.65 Å². The van der Waals surface area contributed by atoms with E-state index in [1.165, 1.54) is 11.1 Å². The predicted molar refractivity (Wildman–Crippen MR) is 124 cm³/mol. The van der Waals surface area contributed by atoms with Crippen LogP contribution in [0.3, 0.4) is 0 Å². The van der Waals surface area contributed by atoms with Gasteiger partial charge in [0.05, 0.1) is 5.39 Å². The van der Waals surface area contributed by atoms with Crippen molar-refractivity contribution >= 4 is 32.8 Å². The zero-order chi connectivity index (χ0) is 21.0. The lowest BCUT2D eigenvalue weighted by Crippen LogP contribution is -2.46. The summed E-state index contributed by atoms with van der Waals surface area (Å²) in [6, 6.07) is 18.7. The second kappa shape index (κ2) is 9.03. The van der Waals surface area contributed by atoms with Crippen LogP contribution in [0.5, 0.6) is 5.75 Å². The topological polar surface area (TPSA) is 70.2 Å². The molecule has 0 atom stereocenters. The number of nitrogens with zero attached hydrogens (tertiary/aromatic N) is 5. The highest BCUT2D eigenvalue weighted by atomic mass is 79.9. The molecular formula is C23H23BrN6O. The van der Waals surface area contributed by atoms with Gasteiger partial charge in [0.1, 0.15) is 29.1 Å². The van der Waals surface area contributed by atoms with Crippen LogP contribution in [0, 0.1) is 0 Å². The predicted octanol–water partition coefficient (Wildman–Crippen LogP) is 4.02. The van der Waals surface area contributed by atoms with Crippen LogP contribution in [-0.2, 0) is 13.2 Å². The Bertz CT molecular complexity index is 1140. The smallest absolute Gasteiger partial charge is 0.187 e. The first-order chi connectivity index (χ1) is 15.3. The molecule has 1 N–H and O–H groups in total. The minimum Gasteiger partial charge on any atom is -0.489 e. The number of hydrogen-bond acceptors (Lipinski definition) is 6. The Kier molecular flexibility index (Phi) is 5.82. The number of hydrogen-bond donors (Lipinski definition) is 1. The summed E-state index contributed by atoms with van der Waals surface area (Å²) in [7, 11) is 0. The summed E-state index contributed by atoms with van der Waals surface area (Å²) < 4.78 is 6.72. The summed E-state index contributed by atoms with van der Waals surface area (Å²) >= 11 is 3.53. The molecule has 0 bridgehead atoms. The van der Waals surface area contributed by atoms with Crippen molar-refractivity contribution in [2.24, 2.45) is 0 Å². The van der Waals surface area contributed by atoms with Gasteiger partial charge in [-0.15, -0.1) is 0 Å². The molecule has 0 unspecified atom stereocenters. The first kappa shape index (κ1) is 20.0. The van der Waals surface area contributed by atoms with Gasteiger partial charge in [-0.05, 0) is 39.2 Å². The van der Waals surface area contributed by atoms with Crippen molar-refractivity contribution < 1.29 is 4.74 Å². The number of piperazine rings is 1. The van der Waals surface area contributed by atoms with E-state index in [1.54, 1.807) is 6.33 Å². The summed E-state index contributed by atoms with van der Waals surface area (Å²) in [6.45, 7) is 5.32. The molecule has 2 aromatic carbocycles. The van der Waals surface area contributed by atoms with E-state index in [-0.39, 0.29) is 0 Å². The lowest BCUT2D eigenvalue weighted by Gasteiger charge is -2.35. The van der Waals surface area contributed by atoms with Crippen LogP contribution in [0.1, 0.15) is 11.1 Å². The SMILES string of the molecule is Brc1[nH]nc2ncnc(N3CCN(Cc4ccc(OCc5ccccc5)cc4)CC3)c12. The first-order valence-electron chi connectivity index (χ1n) is 10.3. The van der Waals surface area contributed by atoms with E-state index in [1.807, 2.05) is 18.2 Å². The van der Waals surface area contributed by atoms with Crippen LogP contribution in [0.15, 0.2) is 65.5 Å². The number of benzene rings is 2. The van der Waals surface area contributed by atoms with E-state index in [9.17, 15) is 0 Å². The molecule has 1 fully saturated rings. The molecule has 7 nitrogen and oxygen atoms in total. The lowest BCUT2D eigenvalue weighted by atomic mass is 10.2. The average Bonchev–Trinajstić information content (AvgIpc) is 3.21. The minimum atomic E-state index is 0.589. The fraction of sp³-hybridized carbons (Fsp3) is 0.261. The molecule has 5 rings (SSSR count). The van der Waals surface area contributed by atoms with Gasteiger partial charge in [-0.3, -0.25) is 10.00 Å². The highest BCUT2D eigenvalue weighted by Crippen LogP contribution is 2.29. The maximum Gasteiger partial charge on any atom is 0.187 e. The summed E-state index contributed by atoms with van der Waals surface area (Å²) in [4.78, 5) is 13.5. The number of rotatable bonds is 6. The number of H-pyrrole nitrogens is 1. The largest absolute Gasteiger partial charge is 0.489 e. The number of nitrogens with one attached hydrogen (secondary N) is 1. The van der Waals surface area contributed by atoms with E-state index in [4.69, 9.17) is 4.74 Å². The second-order valence-electron chi connectivity index (χ2n) is 7.61. The van der Waals surface area contributed by atoms with Gasteiger partial charge in [-0.1, -0.05) is 42.5 Å². The van der Waals surface area contributed by atoms with Crippen molar-refractivity contribution in [2.75, 3.05) is 31.1 Å². The number of halogens is 1. The molecule has 0 aliphatic carbocycles. The molecule has 1 aliphatic rings. The van der Waals surface area contributed by atoms with Gasteiger partial charge in [0.25, 0.3) is 0 Å². The zero-order valence-electron chi connectivity index (χ0n) is 17.0. The highest BCUT2D eigenvalue weighted by molar-refractivity contribution is 9.10. The molecule has 8 heteroatoms. The van der Waals surface area contributed by atoms with Crippen molar-refractivity contribution in [1.29, 1.82) is 0 Å². The van der Waals surface area contributed by atoms with E-state index in [2.05, 4.69) is 82.3 Å². The van der Waals surface area contributed by atoms with Gasteiger partial charge < -0.3 is 9.64 Å². The summed E-state index contributed by atoms with van der Waals surface area (Å²) in [6.07, 6.45) is 1.58. The van der Waals surface area contributed by atoms with Gasteiger partial charge in [0.2, 0.25) is 0 Å². The van der Waals surface area contributed by atoms with Crippen LogP contribution >= 0.6 is 15.9 Å². The van der Waals surface area contributed by atoms with Crippen LogP contribution in [-0.4, -0.2) is 51.2 Å². The average molecular weight is 479 g/mol. The maximum absolute atomic E-state index is 5.89. The van der Waals surface area contributed by atoms with Crippen molar-refractivity contribution in [1.82, 2.24) is 25.1 Å². The lowest BCUT2D eigenvalue weighted by molar-refractivity contribution is 0.249. The van der Waals surface area contributed by atoms with E-state index < -0.39 is 0 Å². The normalized spacial score (nSPS) is 14.8. The van der Waals surface area contributed by atoms with Gasteiger partial charge >= 0.3 is 0 Å². The third-order valence-corrected chi connectivity index (χ3v) is 6.11. The number of aromatic amines is 1. The third kappa shape index (κ3) is 4.55. The van der Waals surface area contributed by atoms with Crippen LogP contribution in [0.2, 0.25) is 0 Å². The van der Waals surface area contributed by atoms with Crippen LogP contribution < -0.4 is 9.64 Å².